The predicted octanol–water partition coefficient (Wildman–Crippen LogP) is 2.51. The van der Waals surface area contributed by atoms with Gasteiger partial charge in [-0.2, -0.15) is 0 Å². The van der Waals surface area contributed by atoms with E-state index >= 15 is 0 Å². The van der Waals surface area contributed by atoms with Crippen LogP contribution in [0.1, 0.15) is 36.4 Å². The highest BCUT2D eigenvalue weighted by atomic mass is 127. The van der Waals surface area contributed by atoms with Gasteiger partial charge in [-0.15, -0.1) is 35.3 Å². The highest BCUT2D eigenvalue weighted by Gasteiger charge is 2.28. The molecule has 1 fully saturated rings. The topological polar surface area (TPSA) is 65.5 Å². The van der Waals surface area contributed by atoms with Crippen LogP contribution in [0.3, 0.4) is 0 Å². The van der Waals surface area contributed by atoms with Gasteiger partial charge in [0.25, 0.3) is 0 Å². The maximum absolute atomic E-state index is 11.5. The minimum Gasteiger partial charge on any atom is -0.357 e. The van der Waals surface area contributed by atoms with E-state index in [-0.39, 0.29) is 35.8 Å². The fourth-order valence-corrected chi connectivity index (χ4v) is 2.93. The zero-order chi connectivity index (χ0) is 15.8. The van der Waals surface area contributed by atoms with Crippen LogP contribution in [0.5, 0.6) is 0 Å². The van der Waals surface area contributed by atoms with Crippen molar-refractivity contribution in [1.29, 1.82) is 0 Å². The van der Waals surface area contributed by atoms with E-state index < -0.39 is 0 Å². The lowest BCUT2D eigenvalue weighted by molar-refractivity contribution is -0.122. The number of carbonyl (C=O) groups is 1. The van der Waals surface area contributed by atoms with Gasteiger partial charge in [0, 0.05) is 35.3 Å². The summed E-state index contributed by atoms with van der Waals surface area (Å²) in [5.74, 6) is 1.26. The van der Waals surface area contributed by atoms with Crippen LogP contribution >= 0.6 is 35.3 Å². The third-order valence-corrected chi connectivity index (χ3v) is 4.68. The van der Waals surface area contributed by atoms with Gasteiger partial charge < -0.3 is 16.0 Å². The third kappa shape index (κ3) is 7.52. The number of amides is 1. The molecule has 0 unspecified atom stereocenters. The Morgan fingerprint density at radius 2 is 1.87 bits per heavy atom. The van der Waals surface area contributed by atoms with Gasteiger partial charge in [-0.1, -0.05) is 6.92 Å². The summed E-state index contributed by atoms with van der Waals surface area (Å²) in [6.45, 7) is 7.06. The molecule has 0 atom stereocenters. The number of rotatable bonds is 8. The Kier molecular flexibility index (Phi) is 9.54. The summed E-state index contributed by atoms with van der Waals surface area (Å²) in [5.41, 5.74) is 0. The standard InChI is InChI=1S/C16H26N4OS.HI/c1-3-13-7-8-14(22-13)11-20-16(17-4-2)19-10-9-18-15(21)12-5-6-12;/h7-8,12H,3-6,9-11H2,1-2H3,(H,18,21)(H2,17,19,20);1H. The highest BCUT2D eigenvalue weighted by Crippen LogP contribution is 2.28. The minimum atomic E-state index is 0. The van der Waals surface area contributed by atoms with Gasteiger partial charge >= 0.3 is 0 Å². The first kappa shape index (κ1) is 20.2. The molecular weight excluding hydrogens is 423 g/mol. The molecule has 1 aromatic rings. The fourth-order valence-electron chi connectivity index (χ4n) is 2.05. The molecule has 1 aliphatic carbocycles. The molecule has 1 amide bonds. The molecule has 3 N–H and O–H groups in total. The number of thiophene rings is 1. The van der Waals surface area contributed by atoms with E-state index in [9.17, 15) is 4.79 Å². The summed E-state index contributed by atoms with van der Waals surface area (Å²) < 4.78 is 0. The number of nitrogens with one attached hydrogen (secondary N) is 3. The average molecular weight is 450 g/mol. The number of aliphatic imine (C=N–C) groups is 1. The Morgan fingerprint density at radius 3 is 2.48 bits per heavy atom. The Balaban J connectivity index is 0.00000264. The van der Waals surface area contributed by atoms with Crippen molar-refractivity contribution in [3.05, 3.63) is 21.9 Å². The summed E-state index contributed by atoms with van der Waals surface area (Å²) in [6, 6.07) is 4.32. The Hall–Kier alpha value is -0.830. The van der Waals surface area contributed by atoms with E-state index in [1.807, 2.05) is 18.3 Å². The third-order valence-electron chi connectivity index (χ3n) is 3.47. The monoisotopic (exact) mass is 450 g/mol. The summed E-state index contributed by atoms with van der Waals surface area (Å²) in [4.78, 5) is 18.8. The second-order valence-corrected chi connectivity index (χ2v) is 6.66. The van der Waals surface area contributed by atoms with Gasteiger partial charge in [0.1, 0.15) is 0 Å². The average Bonchev–Trinajstić information content (AvgIpc) is 3.28. The Labute approximate surface area is 159 Å². The molecule has 1 heterocycles. The van der Waals surface area contributed by atoms with E-state index in [1.54, 1.807) is 0 Å². The maximum Gasteiger partial charge on any atom is 0.223 e. The number of guanidine groups is 1. The van der Waals surface area contributed by atoms with Crippen LogP contribution in [0.15, 0.2) is 17.1 Å². The Bertz CT molecular complexity index is 514. The molecule has 0 spiro atoms. The largest absolute Gasteiger partial charge is 0.357 e. The van der Waals surface area contributed by atoms with Crippen molar-refractivity contribution in [1.82, 2.24) is 16.0 Å². The zero-order valence-electron chi connectivity index (χ0n) is 13.9. The summed E-state index contributed by atoms with van der Waals surface area (Å²) >= 11 is 1.82. The molecule has 0 radical (unpaired) electrons. The first-order valence-electron chi connectivity index (χ1n) is 8.10. The van der Waals surface area contributed by atoms with E-state index in [0.717, 1.165) is 31.8 Å². The van der Waals surface area contributed by atoms with Crippen molar-refractivity contribution in [3.63, 3.8) is 0 Å². The predicted molar refractivity (Wildman–Crippen MR) is 108 cm³/mol. The van der Waals surface area contributed by atoms with Gasteiger partial charge in [-0.3, -0.25) is 4.79 Å². The number of aryl methyl sites for hydroxylation is 1. The smallest absolute Gasteiger partial charge is 0.223 e. The highest BCUT2D eigenvalue weighted by molar-refractivity contribution is 14.0. The normalized spacial score (nSPS) is 14.1. The molecule has 1 saturated carbocycles. The van der Waals surface area contributed by atoms with Crippen LogP contribution < -0.4 is 16.0 Å². The van der Waals surface area contributed by atoms with Gasteiger partial charge in [0.15, 0.2) is 5.96 Å². The first-order valence-corrected chi connectivity index (χ1v) is 8.92. The molecule has 0 bridgehead atoms. The number of hydrogen-bond donors (Lipinski definition) is 3. The summed E-state index contributed by atoms with van der Waals surface area (Å²) in [6.07, 6.45) is 3.17. The molecule has 0 saturated heterocycles. The van der Waals surface area contributed by atoms with E-state index in [1.165, 1.54) is 9.75 Å². The Morgan fingerprint density at radius 1 is 1.17 bits per heavy atom. The van der Waals surface area contributed by atoms with Gasteiger partial charge in [0.2, 0.25) is 5.91 Å². The lowest BCUT2D eigenvalue weighted by atomic mass is 10.4. The van der Waals surface area contributed by atoms with Crippen molar-refractivity contribution >= 4 is 47.2 Å². The molecule has 7 heteroatoms. The van der Waals surface area contributed by atoms with E-state index in [4.69, 9.17) is 0 Å². The van der Waals surface area contributed by atoms with Crippen LogP contribution in [0.25, 0.3) is 0 Å². The summed E-state index contributed by atoms with van der Waals surface area (Å²) in [7, 11) is 0. The van der Waals surface area contributed by atoms with E-state index in [2.05, 4.69) is 40.0 Å². The minimum absolute atomic E-state index is 0. The van der Waals surface area contributed by atoms with Crippen LogP contribution in [-0.4, -0.2) is 31.5 Å². The van der Waals surface area contributed by atoms with Crippen molar-refractivity contribution in [2.45, 2.75) is 39.7 Å². The van der Waals surface area contributed by atoms with Crippen LogP contribution in [0.2, 0.25) is 0 Å². The van der Waals surface area contributed by atoms with E-state index in [0.29, 0.717) is 19.6 Å². The second-order valence-electron chi connectivity index (χ2n) is 5.41. The molecule has 2 rings (SSSR count). The van der Waals surface area contributed by atoms with Gasteiger partial charge in [-0.05, 0) is 38.3 Å². The SMILES string of the molecule is CCNC(=NCc1ccc(CC)s1)NCCNC(=O)C1CC1.I. The number of nitrogens with zero attached hydrogens (tertiary/aromatic N) is 1. The quantitative estimate of drug-likeness (QED) is 0.247. The molecule has 5 nitrogen and oxygen atoms in total. The molecule has 0 aromatic carbocycles. The number of carbonyl (C=O) groups excluding carboxylic acids is 1. The lowest BCUT2D eigenvalue weighted by Crippen LogP contribution is -2.41. The summed E-state index contributed by atoms with van der Waals surface area (Å²) in [5, 5.41) is 9.43. The first-order chi connectivity index (χ1) is 10.7. The molecule has 1 aromatic heterocycles. The van der Waals surface area contributed by atoms with Gasteiger partial charge in [0.05, 0.1) is 6.54 Å². The molecule has 23 heavy (non-hydrogen) atoms. The van der Waals surface area contributed by atoms with Gasteiger partial charge in [-0.25, -0.2) is 4.99 Å². The van der Waals surface area contributed by atoms with Crippen molar-refractivity contribution in [3.8, 4) is 0 Å². The maximum atomic E-state index is 11.5. The van der Waals surface area contributed by atoms with Crippen LogP contribution in [0, 0.1) is 5.92 Å². The number of halogens is 1. The number of hydrogen-bond acceptors (Lipinski definition) is 3. The second kappa shape index (κ2) is 10.9. The molecule has 0 aliphatic heterocycles. The van der Waals surface area contributed by atoms with Crippen molar-refractivity contribution < 1.29 is 4.79 Å². The molecule has 1 aliphatic rings. The van der Waals surface area contributed by atoms with Crippen LogP contribution in [-0.2, 0) is 17.8 Å². The van der Waals surface area contributed by atoms with Crippen LogP contribution in [0.4, 0.5) is 0 Å². The zero-order valence-corrected chi connectivity index (χ0v) is 17.0. The molecular formula is C16H27IN4OS. The fraction of sp³-hybridized carbons (Fsp3) is 0.625. The van der Waals surface area contributed by atoms with Crippen molar-refractivity contribution in [2.75, 3.05) is 19.6 Å². The van der Waals surface area contributed by atoms with Crippen molar-refractivity contribution in [2.24, 2.45) is 10.9 Å². The molecule has 130 valence electrons. The lowest BCUT2D eigenvalue weighted by Gasteiger charge is -2.11.